The first-order valence-corrected chi connectivity index (χ1v) is 12.7. The molecule has 0 N–H and O–H groups in total. The second kappa shape index (κ2) is 11.6. The van der Waals surface area contributed by atoms with Crippen LogP contribution < -0.4 is 9.80 Å². The van der Waals surface area contributed by atoms with Gasteiger partial charge in [-0.15, -0.1) is 0 Å². The molecule has 4 rings (SSSR count). The minimum atomic E-state index is 0.935. The Balaban J connectivity index is 1.64. The molecule has 35 heavy (non-hydrogen) atoms. The van der Waals surface area contributed by atoms with Crippen molar-refractivity contribution in [2.75, 3.05) is 36.0 Å². The van der Waals surface area contributed by atoms with Crippen LogP contribution in [-0.4, -0.2) is 36.0 Å². The van der Waals surface area contributed by atoms with Gasteiger partial charge in [0.05, 0.1) is 17.1 Å². The van der Waals surface area contributed by atoms with Crippen LogP contribution in [0.1, 0.15) is 39.0 Å². The van der Waals surface area contributed by atoms with Crippen molar-refractivity contribution in [1.29, 1.82) is 0 Å². The van der Waals surface area contributed by atoms with Crippen molar-refractivity contribution in [3.05, 3.63) is 96.2 Å². The van der Waals surface area contributed by atoms with E-state index < -0.39 is 0 Å². The smallest absolute Gasteiger partial charge is 0.0862 e. The van der Waals surface area contributed by atoms with E-state index in [1.807, 2.05) is 10.7 Å². The molecule has 0 radical (unpaired) electrons. The van der Waals surface area contributed by atoms with Crippen LogP contribution in [0.25, 0.3) is 29.1 Å². The van der Waals surface area contributed by atoms with E-state index in [1.165, 1.54) is 16.9 Å². The first-order valence-electron chi connectivity index (χ1n) is 12.7. The van der Waals surface area contributed by atoms with Gasteiger partial charge in [0.1, 0.15) is 0 Å². The monoisotopic (exact) mass is 464 g/mol. The third kappa shape index (κ3) is 5.65. The zero-order valence-corrected chi connectivity index (χ0v) is 21.4. The molecule has 1 heterocycles. The van der Waals surface area contributed by atoms with E-state index in [9.17, 15) is 0 Å². The molecule has 180 valence electrons. The summed E-state index contributed by atoms with van der Waals surface area (Å²) in [4.78, 5) is 4.71. The molecule has 0 aliphatic carbocycles. The second-order valence-electron chi connectivity index (χ2n) is 8.52. The minimum Gasteiger partial charge on any atom is -0.372 e. The van der Waals surface area contributed by atoms with Crippen molar-refractivity contribution in [1.82, 2.24) is 9.78 Å². The summed E-state index contributed by atoms with van der Waals surface area (Å²) in [5.74, 6) is 0. The third-order valence-corrected chi connectivity index (χ3v) is 6.49. The third-order valence-electron chi connectivity index (χ3n) is 6.49. The van der Waals surface area contributed by atoms with Gasteiger partial charge in [0.15, 0.2) is 0 Å². The molecule has 1 aromatic heterocycles. The summed E-state index contributed by atoms with van der Waals surface area (Å²) < 4.78 is 2.04. The van der Waals surface area contributed by atoms with Crippen LogP contribution in [0.5, 0.6) is 0 Å². The average Bonchev–Trinajstić information content (AvgIpc) is 3.35. The Morgan fingerprint density at radius 3 is 1.74 bits per heavy atom. The van der Waals surface area contributed by atoms with Crippen LogP contribution in [-0.2, 0) is 0 Å². The maximum Gasteiger partial charge on any atom is 0.0862 e. The van der Waals surface area contributed by atoms with E-state index in [4.69, 9.17) is 5.10 Å². The van der Waals surface area contributed by atoms with Gasteiger partial charge in [-0.2, -0.15) is 5.10 Å². The quantitative estimate of drug-likeness (QED) is 0.244. The van der Waals surface area contributed by atoms with Crippen molar-refractivity contribution in [2.45, 2.75) is 27.7 Å². The standard InChI is InChI=1S/C31H36N4/c1-5-33(6-2)28-20-15-25(16-21-28)14-19-27-24-31(35(32-27)30-12-10-9-11-13-30)26-17-22-29(23-18-26)34(7-3)8-4/h9-24H,5-8H2,1-4H3/b19-14+. The van der Waals surface area contributed by atoms with Crippen LogP contribution >= 0.6 is 0 Å². The van der Waals surface area contributed by atoms with E-state index in [0.717, 1.165) is 48.8 Å². The van der Waals surface area contributed by atoms with Crippen molar-refractivity contribution in [2.24, 2.45) is 0 Å². The number of hydrogen-bond donors (Lipinski definition) is 0. The maximum absolute atomic E-state index is 4.95. The molecule has 0 fully saturated rings. The fraction of sp³-hybridized carbons (Fsp3) is 0.258. The molecule has 3 aromatic carbocycles. The van der Waals surface area contributed by atoms with Crippen LogP contribution in [0.15, 0.2) is 84.9 Å². The lowest BCUT2D eigenvalue weighted by Crippen LogP contribution is -2.21. The predicted octanol–water partition coefficient (Wildman–Crippen LogP) is 7.40. The first kappa shape index (κ1) is 24.3. The number of nitrogens with zero attached hydrogens (tertiary/aromatic N) is 4. The highest BCUT2D eigenvalue weighted by molar-refractivity contribution is 5.73. The SMILES string of the molecule is CCN(CC)c1ccc(/C=C/c2cc(-c3ccc(N(CC)CC)cc3)n(-c3ccccc3)n2)cc1. The molecule has 0 aliphatic heterocycles. The Hall–Kier alpha value is -3.79. The number of benzene rings is 3. The molecule has 4 heteroatoms. The van der Waals surface area contributed by atoms with Crippen LogP contribution in [0.2, 0.25) is 0 Å². The van der Waals surface area contributed by atoms with E-state index in [2.05, 4.69) is 129 Å². The topological polar surface area (TPSA) is 24.3 Å². The number of hydrogen-bond acceptors (Lipinski definition) is 3. The zero-order valence-electron chi connectivity index (χ0n) is 21.4. The van der Waals surface area contributed by atoms with E-state index in [0.29, 0.717) is 0 Å². The van der Waals surface area contributed by atoms with Crippen LogP contribution in [0.3, 0.4) is 0 Å². The number of aromatic nitrogens is 2. The van der Waals surface area contributed by atoms with Gasteiger partial charge in [0.2, 0.25) is 0 Å². The Labute approximate surface area is 210 Å². The summed E-state index contributed by atoms with van der Waals surface area (Å²) in [6.45, 7) is 12.8. The lowest BCUT2D eigenvalue weighted by molar-refractivity contribution is 0.865. The Kier molecular flexibility index (Phi) is 8.04. The van der Waals surface area contributed by atoms with E-state index >= 15 is 0 Å². The summed E-state index contributed by atoms with van der Waals surface area (Å²) in [6.07, 6.45) is 4.23. The average molecular weight is 465 g/mol. The van der Waals surface area contributed by atoms with Gasteiger partial charge in [0.25, 0.3) is 0 Å². The summed E-state index contributed by atoms with van der Waals surface area (Å²) in [6, 6.07) is 30.0. The molecule has 0 spiro atoms. The molecular weight excluding hydrogens is 428 g/mol. The molecule has 0 saturated heterocycles. The summed E-state index contributed by atoms with van der Waals surface area (Å²) in [7, 11) is 0. The number of para-hydroxylation sites is 1. The predicted molar refractivity (Wildman–Crippen MR) is 151 cm³/mol. The number of anilines is 2. The summed E-state index contributed by atoms with van der Waals surface area (Å²) in [5, 5.41) is 4.95. The maximum atomic E-state index is 4.95. The first-order chi connectivity index (χ1) is 17.2. The van der Waals surface area contributed by atoms with Crippen molar-refractivity contribution in [3.8, 4) is 16.9 Å². The van der Waals surface area contributed by atoms with Gasteiger partial charge in [0, 0.05) is 43.1 Å². The number of rotatable bonds is 10. The van der Waals surface area contributed by atoms with E-state index in [-0.39, 0.29) is 0 Å². The highest BCUT2D eigenvalue weighted by Gasteiger charge is 2.11. The molecule has 4 aromatic rings. The van der Waals surface area contributed by atoms with Crippen molar-refractivity contribution >= 4 is 23.5 Å². The largest absolute Gasteiger partial charge is 0.372 e. The Bertz CT molecular complexity index is 1210. The Morgan fingerprint density at radius 2 is 1.20 bits per heavy atom. The normalized spacial score (nSPS) is 11.2. The summed E-state index contributed by atoms with van der Waals surface area (Å²) >= 11 is 0. The lowest BCUT2D eigenvalue weighted by Gasteiger charge is -2.21. The molecule has 0 amide bonds. The highest BCUT2D eigenvalue weighted by atomic mass is 15.3. The van der Waals surface area contributed by atoms with Gasteiger partial charge in [-0.3, -0.25) is 0 Å². The van der Waals surface area contributed by atoms with Gasteiger partial charge >= 0.3 is 0 Å². The van der Waals surface area contributed by atoms with Crippen LogP contribution in [0, 0.1) is 0 Å². The lowest BCUT2D eigenvalue weighted by atomic mass is 10.1. The molecule has 4 nitrogen and oxygen atoms in total. The molecule has 0 bridgehead atoms. The molecular formula is C31H36N4. The molecule has 0 atom stereocenters. The molecule has 0 aliphatic rings. The van der Waals surface area contributed by atoms with Crippen LogP contribution in [0.4, 0.5) is 11.4 Å². The second-order valence-corrected chi connectivity index (χ2v) is 8.52. The van der Waals surface area contributed by atoms with Gasteiger partial charge in [-0.05, 0) is 81.8 Å². The Morgan fingerprint density at radius 1 is 0.657 bits per heavy atom. The zero-order chi connectivity index (χ0) is 24.6. The van der Waals surface area contributed by atoms with Gasteiger partial charge < -0.3 is 9.80 Å². The fourth-order valence-electron chi connectivity index (χ4n) is 4.45. The van der Waals surface area contributed by atoms with E-state index in [1.54, 1.807) is 0 Å². The summed E-state index contributed by atoms with van der Waals surface area (Å²) in [5.41, 5.74) is 7.90. The molecule has 0 unspecified atom stereocenters. The van der Waals surface area contributed by atoms with Crippen molar-refractivity contribution in [3.63, 3.8) is 0 Å². The molecule has 0 saturated carbocycles. The highest BCUT2D eigenvalue weighted by Crippen LogP contribution is 2.27. The van der Waals surface area contributed by atoms with Crippen molar-refractivity contribution < 1.29 is 0 Å². The van der Waals surface area contributed by atoms with Gasteiger partial charge in [-0.1, -0.05) is 48.5 Å². The van der Waals surface area contributed by atoms with Gasteiger partial charge in [-0.25, -0.2) is 4.68 Å². The minimum absolute atomic E-state index is 0.935. The fourth-order valence-corrected chi connectivity index (χ4v) is 4.45.